The van der Waals surface area contributed by atoms with Crippen molar-refractivity contribution < 1.29 is 14.0 Å². The van der Waals surface area contributed by atoms with Gasteiger partial charge in [-0.05, 0) is 18.6 Å². The van der Waals surface area contributed by atoms with Crippen molar-refractivity contribution in [3.05, 3.63) is 46.6 Å². The monoisotopic (exact) mass is 274 g/mol. The Bertz CT molecular complexity index is 751. The van der Waals surface area contributed by atoms with E-state index in [0.29, 0.717) is 10.8 Å². The molecule has 1 N–H and O–H groups in total. The molecule has 20 heavy (non-hydrogen) atoms. The third-order valence-corrected chi connectivity index (χ3v) is 2.97. The summed E-state index contributed by atoms with van der Waals surface area (Å²) in [7, 11) is 0. The highest BCUT2D eigenvalue weighted by atomic mass is 16.4. The zero-order valence-corrected chi connectivity index (χ0v) is 10.8. The van der Waals surface area contributed by atoms with Gasteiger partial charge in [0.05, 0.1) is 5.35 Å². The Morgan fingerprint density at radius 2 is 1.90 bits per heavy atom. The van der Waals surface area contributed by atoms with Crippen molar-refractivity contribution in [2.45, 2.75) is 18.9 Å². The molecule has 2 rings (SSSR count). The number of piperidine rings is 1. The average Bonchev–Trinajstić information content (AvgIpc) is 2.68. The van der Waals surface area contributed by atoms with Gasteiger partial charge in [-0.15, -0.1) is 0 Å². The molecule has 1 aromatic heterocycles. The van der Waals surface area contributed by atoms with E-state index in [-0.39, 0.29) is 18.7 Å². The summed E-state index contributed by atoms with van der Waals surface area (Å²) in [4.78, 5) is 35.0. The predicted octanol–water partition coefficient (Wildman–Crippen LogP) is -0.648. The summed E-state index contributed by atoms with van der Waals surface area (Å²) in [6.45, 7) is 7.12. The molecule has 0 saturated carbocycles. The molecule has 1 saturated heterocycles. The molecule has 1 unspecified atom stereocenters. The van der Waals surface area contributed by atoms with Crippen LogP contribution in [0.25, 0.3) is 12.2 Å². The number of nitrogens with zero attached hydrogens (tertiary/aromatic N) is 1. The van der Waals surface area contributed by atoms with E-state index >= 15 is 0 Å². The average molecular weight is 274 g/mol. The van der Waals surface area contributed by atoms with Gasteiger partial charge in [-0.25, -0.2) is 4.79 Å². The Balaban J connectivity index is 2.66. The zero-order chi connectivity index (χ0) is 14.7. The number of allylic oxidation sites excluding steroid dienone is 2. The second kappa shape index (κ2) is 5.56. The fraction of sp³-hybridized carbons (Fsp3) is 0.214. The van der Waals surface area contributed by atoms with Gasteiger partial charge < -0.3 is 4.42 Å². The molecule has 1 aromatic rings. The van der Waals surface area contributed by atoms with Gasteiger partial charge >= 0.3 is 5.76 Å². The first-order valence-electron chi connectivity index (χ1n) is 6.09. The molecular formula is C14H14N2O4. The number of amides is 2. The Labute approximate surface area is 114 Å². The lowest BCUT2D eigenvalue weighted by atomic mass is 10.1. The molecule has 2 amide bonds. The standard InChI is InChI=1S/C14H14N2O4/c1-3-5-9-11(6-4-2)20-14(19)16(9)10-7-8-12(17)15-13(10)18/h3-6,10H,1-2,7-8H2,(H,15,17,18)/b9-5+,11-6+. The van der Waals surface area contributed by atoms with E-state index in [9.17, 15) is 14.4 Å². The molecule has 0 radical (unpaired) electrons. The van der Waals surface area contributed by atoms with Gasteiger partial charge in [0.25, 0.3) is 0 Å². The summed E-state index contributed by atoms with van der Waals surface area (Å²) in [5.41, 5.74) is 0.301. The van der Waals surface area contributed by atoms with Crippen LogP contribution < -0.4 is 21.8 Å². The molecule has 0 aliphatic carbocycles. The molecule has 104 valence electrons. The van der Waals surface area contributed by atoms with Crippen LogP contribution in [-0.4, -0.2) is 16.4 Å². The van der Waals surface area contributed by atoms with Gasteiger partial charge in [0.2, 0.25) is 11.8 Å². The minimum absolute atomic E-state index is 0.183. The Kier molecular flexibility index (Phi) is 3.84. The topological polar surface area (TPSA) is 81.3 Å². The van der Waals surface area contributed by atoms with Crippen molar-refractivity contribution in [1.82, 2.24) is 9.88 Å². The fourth-order valence-corrected chi connectivity index (χ4v) is 2.14. The van der Waals surface area contributed by atoms with E-state index in [1.54, 1.807) is 6.08 Å². The number of oxazole rings is 1. The van der Waals surface area contributed by atoms with Crippen LogP contribution in [-0.2, 0) is 9.59 Å². The van der Waals surface area contributed by atoms with E-state index in [1.165, 1.54) is 22.8 Å². The molecule has 6 nitrogen and oxygen atoms in total. The number of aromatic nitrogens is 1. The van der Waals surface area contributed by atoms with Crippen molar-refractivity contribution in [2.75, 3.05) is 0 Å². The number of carbonyl (C=O) groups is 2. The summed E-state index contributed by atoms with van der Waals surface area (Å²) in [6.07, 6.45) is 6.52. The van der Waals surface area contributed by atoms with Crippen molar-refractivity contribution in [3.63, 3.8) is 0 Å². The fourth-order valence-electron chi connectivity index (χ4n) is 2.14. The van der Waals surface area contributed by atoms with Gasteiger partial charge in [-0.1, -0.05) is 25.3 Å². The largest absolute Gasteiger partial charge is 0.420 e. The summed E-state index contributed by atoms with van der Waals surface area (Å²) in [5.74, 6) is -1.50. The summed E-state index contributed by atoms with van der Waals surface area (Å²) in [6, 6.07) is -0.762. The maximum atomic E-state index is 12.0. The van der Waals surface area contributed by atoms with Gasteiger partial charge in [0, 0.05) is 6.42 Å². The lowest BCUT2D eigenvalue weighted by molar-refractivity contribution is -0.135. The molecule has 6 heteroatoms. The van der Waals surface area contributed by atoms with Crippen LogP contribution in [0.2, 0.25) is 0 Å². The second-order valence-corrected chi connectivity index (χ2v) is 4.26. The normalized spacial score (nSPS) is 20.9. The maximum Gasteiger partial charge on any atom is 0.420 e. The van der Waals surface area contributed by atoms with Crippen LogP contribution in [0.3, 0.4) is 0 Å². The molecule has 1 atom stereocenters. The van der Waals surface area contributed by atoms with E-state index in [0.717, 1.165) is 0 Å². The number of carbonyl (C=O) groups excluding carboxylic acids is 2. The summed E-state index contributed by atoms with van der Waals surface area (Å²) in [5, 5.41) is 2.65. The SMILES string of the molecule is C=C/C=c1/oc(=O)n(C2CCC(=O)NC2=O)/c1=C/C=C. The molecule has 1 aliphatic heterocycles. The third kappa shape index (κ3) is 2.40. The number of nitrogens with one attached hydrogen (secondary N) is 1. The molecule has 2 heterocycles. The van der Waals surface area contributed by atoms with Crippen molar-refractivity contribution in [2.24, 2.45) is 0 Å². The van der Waals surface area contributed by atoms with Crippen LogP contribution in [0.1, 0.15) is 18.9 Å². The zero-order valence-electron chi connectivity index (χ0n) is 10.8. The van der Waals surface area contributed by atoms with Crippen molar-refractivity contribution >= 4 is 24.0 Å². The molecule has 0 bridgehead atoms. The Morgan fingerprint density at radius 3 is 2.50 bits per heavy atom. The molecule has 1 aliphatic rings. The Hall–Kier alpha value is -2.63. The maximum absolute atomic E-state index is 12.0. The van der Waals surface area contributed by atoms with E-state index in [2.05, 4.69) is 18.5 Å². The van der Waals surface area contributed by atoms with Crippen LogP contribution in [0.15, 0.2) is 34.5 Å². The predicted molar refractivity (Wildman–Crippen MR) is 73.0 cm³/mol. The quantitative estimate of drug-likeness (QED) is 0.743. The molecular weight excluding hydrogens is 260 g/mol. The van der Waals surface area contributed by atoms with Gasteiger partial charge in [0.15, 0.2) is 5.42 Å². The van der Waals surface area contributed by atoms with Gasteiger partial charge in [-0.3, -0.25) is 19.5 Å². The first kappa shape index (κ1) is 13.8. The van der Waals surface area contributed by atoms with Crippen LogP contribution in [0.5, 0.6) is 0 Å². The first-order chi connectivity index (χ1) is 9.58. The number of hydrogen-bond acceptors (Lipinski definition) is 4. The molecule has 0 aromatic carbocycles. The summed E-state index contributed by atoms with van der Waals surface area (Å²) < 4.78 is 6.34. The van der Waals surface area contributed by atoms with Crippen LogP contribution in [0, 0.1) is 0 Å². The highest BCUT2D eigenvalue weighted by molar-refractivity contribution is 5.99. The highest BCUT2D eigenvalue weighted by Gasteiger charge is 2.30. The third-order valence-electron chi connectivity index (χ3n) is 2.97. The van der Waals surface area contributed by atoms with Crippen LogP contribution in [0.4, 0.5) is 0 Å². The first-order valence-corrected chi connectivity index (χ1v) is 6.09. The smallest absolute Gasteiger partial charge is 0.408 e. The van der Waals surface area contributed by atoms with Gasteiger partial charge in [0.1, 0.15) is 6.04 Å². The minimum Gasteiger partial charge on any atom is -0.408 e. The summed E-state index contributed by atoms with van der Waals surface area (Å²) >= 11 is 0. The molecule has 0 spiro atoms. The minimum atomic E-state index is -0.762. The van der Waals surface area contributed by atoms with Crippen LogP contribution >= 0.6 is 0 Å². The van der Waals surface area contributed by atoms with E-state index < -0.39 is 17.7 Å². The highest BCUT2D eigenvalue weighted by Crippen LogP contribution is 2.14. The van der Waals surface area contributed by atoms with Crippen molar-refractivity contribution in [3.8, 4) is 0 Å². The number of imide groups is 1. The van der Waals surface area contributed by atoms with E-state index in [1.807, 2.05) is 0 Å². The van der Waals surface area contributed by atoms with Gasteiger partial charge in [-0.2, -0.15) is 0 Å². The Morgan fingerprint density at radius 1 is 1.20 bits per heavy atom. The second-order valence-electron chi connectivity index (χ2n) is 4.26. The number of rotatable bonds is 3. The molecule has 1 fully saturated rings. The number of hydrogen-bond donors (Lipinski definition) is 1. The lowest BCUT2D eigenvalue weighted by Crippen LogP contribution is -2.47. The van der Waals surface area contributed by atoms with E-state index in [4.69, 9.17) is 4.42 Å². The van der Waals surface area contributed by atoms with Crippen molar-refractivity contribution in [1.29, 1.82) is 0 Å². The lowest BCUT2D eigenvalue weighted by Gasteiger charge is -2.20.